The Bertz CT molecular complexity index is 1200. The van der Waals surface area contributed by atoms with Crippen LogP contribution in [0, 0.1) is 0 Å². The highest BCUT2D eigenvalue weighted by Gasteiger charge is 2.15. The van der Waals surface area contributed by atoms with E-state index >= 15 is 0 Å². The quantitative estimate of drug-likeness (QED) is 0.287. The van der Waals surface area contributed by atoms with Gasteiger partial charge in [-0.05, 0) is 72.5 Å². The van der Waals surface area contributed by atoms with Crippen molar-refractivity contribution >= 4 is 22.7 Å². The summed E-state index contributed by atoms with van der Waals surface area (Å²) in [4.78, 5) is 23.3. The molecule has 0 fully saturated rings. The fourth-order valence-corrected chi connectivity index (χ4v) is 5.72. The maximum Gasteiger partial charge on any atom is 0.248 e. The van der Waals surface area contributed by atoms with E-state index in [0.29, 0.717) is 0 Å². The van der Waals surface area contributed by atoms with Crippen LogP contribution in [0.2, 0.25) is 0 Å². The Kier molecular flexibility index (Phi) is 7.15. The van der Waals surface area contributed by atoms with E-state index < -0.39 is 0 Å². The zero-order valence-corrected chi connectivity index (χ0v) is 19.7. The zero-order chi connectivity index (χ0) is 21.6. The summed E-state index contributed by atoms with van der Waals surface area (Å²) in [5.74, 6) is 0. The molecule has 0 spiro atoms. The second-order valence-corrected chi connectivity index (χ2v) is 9.79. The minimum Gasteiger partial charge on any atom is -0.321 e. The van der Waals surface area contributed by atoms with Crippen LogP contribution in [0.5, 0.6) is 0 Å². The van der Waals surface area contributed by atoms with Gasteiger partial charge in [-0.15, -0.1) is 22.7 Å². The van der Waals surface area contributed by atoms with E-state index in [9.17, 15) is 4.79 Å². The average Bonchev–Trinajstić information content (AvgIpc) is 3.44. The van der Waals surface area contributed by atoms with Crippen LogP contribution >= 0.6 is 22.7 Å². The predicted molar refractivity (Wildman–Crippen MR) is 134 cm³/mol. The van der Waals surface area contributed by atoms with Gasteiger partial charge in [0.05, 0.1) is 31.7 Å². The van der Waals surface area contributed by atoms with Crippen molar-refractivity contribution in [2.45, 2.75) is 52.4 Å². The van der Waals surface area contributed by atoms with Gasteiger partial charge in [0.2, 0.25) is 5.56 Å². The SMILES string of the molecule is CCCCc1csc(-c2cccc(-c3sc(-c4cccc(=O)[nH]4)cc3CCCC)n2)c1. The third kappa shape index (κ3) is 5.23. The number of H-pyrrole nitrogens is 1. The average molecular weight is 449 g/mol. The molecular weight excluding hydrogens is 420 g/mol. The van der Waals surface area contributed by atoms with Gasteiger partial charge in [0.15, 0.2) is 0 Å². The lowest BCUT2D eigenvalue weighted by Gasteiger charge is -2.05. The topological polar surface area (TPSA) is 45.8 Å². The highest BCUT2D eigenvalue weighted by molar-refractivity contribution is 7.19. The van der Waals surface area contributed by atoms with Crippen molar-refractivity contribution < 1.29 is 0 Å². The first kappa shape index (κ1) is 21.7. The molecule has 0 atom stereocenters. The van der Waals surface area contributed by atoms with Gasteiger partial charge < -0.3 is 4.98 Å². The molecule has 0 aliphatic carbocycles. The van der Waals surface area contributed by atoms with Gasteiger partial charge in [-0.25, -0.2) is 4.98 Å². The van der Waals surface area contributed by atoms with Crippen LogP contribution in [0.1, 0.15) is 50.7 Å². The molecule has 0 radical (unpaired) electrons. The smallest absolute Gasteiger partial charge is 0.248 e. The first-order valence-electron chi connectivity index (χ1n) is 11.1. The molecule has 0 bridgehead atoms. The number of hydrogen-bond donors (Lipinski definition) is 1. The number of thiophene rings is 2. The summed E-state index contributed by atoms with van der Waals surface area (Å²) in [6.45, 7) is 4.45. The molecule has 0 amide bonds. The number of nitrogens with zero attached hydrogens (tertiary/aromatic N) is 1. The van der Waals surface area contributed by atoms with E-state index in [1.165, 1.54) is 33.7 Å². The Labute approximate surface area is 191 Å². The summed E-state index contributed by atoms with van der Waals surface area (Å²) in [6.07, 6.45) is 6.88. The Morgan fingerprint density at radius 1 is 0.903 bits per heavy atom. The summed E-state index contributed by atoms with van der Waals surface area (Å²) in [6, 6.07) is 16.2. The van der Waals surface area contributed by atoms with Crippen LogP contribution in [0.15, 0.2) is 58.7 Å². The number of rotatable bonds is 9. The second kappa shape index (κ2) is 10.2. The lowest BCUT2D eigenvalue weighted by Crippen LogP contribution is -2.02. The normalized spacial score (nSPS) is 11.2. The molecule has 4 heterocycles. The fraction of sp³-hybridized carbons (Fsp3) is 0.308. The second-order valence-electron chi connectivity index (χ2n) is 7.83. The van der Waals surface area contributed by atoms with E-state index in [1.54, 1.807) is 28.7 Å². The molecule has 31 heavy (non-hydrogen) atoms. The van der Waals surface area contributed by atoms with Crippen LogP contribution in [-0.4, -0.2) is 9.97 Å². The lowest BCUT2D eigenvalue weighted by molar-refractivity contribution is 0.797. The summed E-state index contributed by atoms with van der Waals surface area (Å²) in [5, 5.41) is 2.26. The molecule has 0 saturated carbocycles. The van der Waals surface area contributed by atoms with Gasteiger partial charge in [0.1, 0.15) is 0 Å². The Morgan fingerprint density at radius 3 is 2.48 bits per heavy atom. The van der Waals surface area contributed by atoms with Crippen molar-refractivity contribution in [3.05, 3.63) is 75.4 Å². The molecule has 3 nitrogen and oxygen atoms in total. The van der Waals surface area contributed by atoms with Gasteiger partial charge in [0.25, 0.3) is 0 Å². The van der Waals surface area contributed by atoms with Crippen molar-refractivity contribution in [2.75, 3.05) is 0 Å². The predicted octanol–water partition coefficient (Wildman–Crippen LogP) is 7.58. The highest BCUT2D eigenvalue weighted by Crippen LogP contribution is 2.38. The third-order valence-corrected chi connectivity index (χ3v) is 7.58. The van der Waals surface area contributed by atoms with Gasteiger partial charge >= 0.3 is 0 Å². The summed E-state index contributed by atoms with van der Waals surface area (Å²) in [7, 11) is 0. The molecule has 0 unspecified atom stereocenters. The number of nitrogens with one attached hydrogen (secondary N) is 1. The van der Waals surface area contributed by atoms with E-state index in [2.05, 4.69) is 54.5 Å². The Balaban J connectivity index is 1.70. The number of unbranched alkanes of at least 4 members (excludes halogenated alkanes) is 2. The molecule has 160 valence electrons. The number of hydrogen-bond acceptors (Lipinski definition) is 4. The first-order valence-corrected chi connectivity index (χ1v) is 12.7. The molecule has 5 heteroatoms. The van der Waals surface area contributed by atoms with Crippen LogP contribution in [0.25, 0.3) is 31.7 Å². The molecular formula is C26H28N2OS2. The lowest BCUT2D eigenvalue weighted by atomic mass is 10.1. The number of pyridine rings is 2. The fourth-order valence-electron chi connectivity index (χ4n) is 3.64. The van der Waals surface area contributed by atoms with Gasteiger partial charge in [0, 0.05) is 6.07 Å². The monoisotopic (exact) mass is 448 g/mol. The van der Waals surface area contributed by atoms with Gasteiger partial charge in [-0.3, -0.25) is 4.79 Å². The molecule has 0 aromatic carbocycles. The Hall–Kier alpha value is -2.50. The van der Waals surface area contributed by atoms with E-state index in [1.807, 2.05) is 12.1 Å². The Morgan fingerprint density at radius 2 is 1.68 bits per heavy atom. The van der Waals surface area contributed by atoms with Crippen LogP contribution in [-0.2, 0) is 12.8 Å². The number of aromatic nitrogens is 2. The molecule has 4 rings (SSSR count). The molecule has 0 aliphatic heterocycles. The van der Waals surface area contributed by atoms with E-state index in [0.717, 1.165) is 47.6 Å². The first-order chi connectivity index (χ1) is 15.2. The van der Waals surface area contributed by atoms with Crippen LogP contribution < -0.4 is 5.56 Å². The van der Waals surface area contributed by atoms with Crippen molar-refractivity contribution in [1.29, 1.82) is 0 Å². The summed E-state index contributed by atoms with van der Waals surface area (Å²) < 4.78 is 0. The molecule has 0 aliphatic rings. The maximum absolute atomic E-state index is 11.8. The van der Waals surface area contributed by atoms with Crippen LogP contribution in [0.4, 0.5) is 0 Å². The standard InChI is InChI=1S/C26H28N2OS2/c1-3-5-9-18-15-23(30-17-18)20-11-7-13-22(27-20)26-19(10-6-4-2)16-24(31-26)21-12-8-14-25(29)28-21/h7-8,11-17H,3-6,9-10H2,1-2H3,(H,28,29). The third-order valence-electron chi connectivity index (χ3n) is 5.35. The maximum atomic E-state index is 11.8. The van der Waals surface area contributed by atoms with Crippen molar-refractivity contribution in [3.8, 4) is 31.7 Å². The summed E-state index contributed by atoms with van der Waals surface area (Å²) in [5.41, 5.74) is 5.57. The summed E-state index contributed by atoms with van der Waals surface area (Å²) >= 11 is 3.50. The van der Waals surface area contributed by atoms with Crippen molar-refractivity contribution in [3.63, 3.8) is 0 Å². The molecule has 1 N–H and O–H groups in total. The van der Waals surface area contributed by atoms with Crippen molar-refractivity contribution in [2.24, 2.45) is 0 Å². The van der Waals surface area contributed by atoms with Crippen LogP contribution in [0.3, 0.4) is 0 Å². The molecule has 0 saturated heterocycles. The van der Waals surface area contributed by atoms with Crippen molar-refractivity contribution in [1.82, 2.24) is 9.97 Å². The van der Waals surface area contributed by atoms with E-state index in [4.69, 9.17) is 4.98 Å². The number of aryl methyl sites for hydroxylation is 2. The molecule has 4 aromatic heterocycles. The molecule has 4 aromatic rings. The van der Waals surface area contributed by atoms with Gasteiger partial charge in [-0.2, -0.15) is 0 Å². The zero-order valence-electron chi connectivity index (χ0n) is 18.1. The minimum atomic E-state index is -0.0701. The van der Waals surface area contributed by atoms with Gasteiger partial charge in [-0.1, -0.05) is 38.8 Å². The largest absolute Gasteiger partial charge is 0.321 e. The highest BCUT2D eigenvalue weighted by atomic mass is 32.1. The van der Waals surface area contributed by atoms with E-state index in [-0.39, 0.29) is 5.56 Å². The minimum absolute atomic E-state index is 0.0701. The number of aromatic amines is 1.